The molecule has 40 heavy (non-hydrogen) atoms. The second-order valence-electron chi connectivity index (χ2n) is 12.6. The smallest absolute Gasteiger partial charge is 0.0611 e. The van der Waals surface area contributed by atoms with Gasteiger partial charge in [0, 0.05) is 6.54 Å². The van der Waals surface area contributed by atoms with Gasteiger partial charge in [0.25, 0.3) is 0 Å². The first-order chi connectivity index (χ1) is 18.9. The zero-order valence-electron chi connectivity index (χ0n) is 28.1. The van der Waals surface area contributed by atoms with Crippen molar-refractivity contribution in [2.45, 2.75) is 133 Å². The molecular weight excluding hydrogens is 482 g/mol. The average Bonchev–Trinajstić information content (AvgIpc) is 2.93. The highest BCUT2D eigenvalue weighted by molar-refractivity contribution is 5.38. The van der Waals surface area contributed by atoms with E-state index in [1.165, 1.54) is 67.2 Å². The fourth-order valence-electron chi connectivity index (χ4n) is 6.61. The van der Waals surface area contributed by atoms with Gasteiger partial charge in [-0.2, -0.15) is 0 Å². The second kappa shape index (κ2) is 17.5. The van der Waals surface area contributed by atoms with E-state index in [9.17, 15) is 0 Å². The molecule has 1 atom stereocenters. The minimum atomic E-state index is 0.0414. The minimum Gasteiger partial charge on any atom is -0.364 e. The molecule has 1 unspecified atom stereocenters. The molecule has 2 aliphatic rings. The van der Waals surface area contributed by atoms with Crippen molar-refractivity contribution in [1.29, 1.82) is 0 Å². The third kappa shape index (κ3) is 9.97. The van der Waals surface area contributed by atoms with Gasteiger partial charge < -0.3 is 4.90 Å². The molecule has 0 spiro atoms. The average molecular weight is 546 g/mol. The van der Waals surface area contributed by atoms with Crippen LogP contribution < -0.4 is 0 Å². The number of allylic oxidation sites excluding steroid dienone is 5. The van der Waals surface area contributed by atoms with Gasteiger partial charge in [-0.25, -0.2) is 0 Å². The maximum absolute atomic E-state index is 4.60. The molecule has 0 bridgehead atoms. The van der Waals surface area contributed by atoms with Crippen molar-refractivity contribution < 1.29 is 0 Å². The summed E-state index contributed by atoms with van der Waals surface area (Å²) >= 11 is 0. The molecule has 1 aromatic rings. The first-order valence-corrected chi connectivity index (χ1v) is 16.1. The number of hydrogen-bond acceptors (Lipinski definition) is 1. The van der Waals surface area contributed by atoms with Gasteiger partial charge in [-0.15, -0.1) is 6.58 Å². The largest absolute Gasteiger partial charge is 0.364 e. The van der Waals surface area contributed by atoms with Crippen molar-refractivity contribution in [1.82, 2.24) is 4.90 Å². The second-order valence-corrected chi connectivity index (χ2v) is 12.6. The van der Waals surface area contributed by atoms with Crippen molar-refractivity contribution in [2.24, 2.45) is 17.8 Å². The van der Waals surface area contributed by atoms with Crippen LogP contribution in [0.2, 0.25) is 0 Å². The zero-order valence-corrected chi connectivity index (χ0v) is 28.1. The van der Waals surface area contributed by atoms with E-state index in [1.54, 1.807) is 16.7 Å². The van der Waals surface area contributed by atoms with Crippen LogP contribution in [0.1, 0.15) is 125 Å². The lowest BCUT2D eigenvalue weighted by atomic mass is 9.70. The zero-order chi connectivity index (χ0) is 30.5. The Kier molecular flexibility index (Phi) is 15.7. The van der Waals surface area contributed by atoms with Gasteiger partial charge in [-0.1, -0.05) is 128 Å². The molecule has 0 heterocycles. The molecule has 0 aromatic heterocycles. The van der Waals surface area contributed by atoms with Crippen molar-refractivity contribution in [2.75, 3.05) is 0 Å². The van der Waals surface area contributed by atoms with Crippen LogP contribution in [0.15, 0.2) is 84.1 Å². The third-order valence-corrected chi connectivity index (χ3v) is 8.78. The Morgan fingerprint density at radius 3 is 1.98 bits per heavy atom. The Bertz CT molecular complexity index is 992. The molecular formula is C39H63N. The molecule has 1 fully saturated rings. The van der Waals surface area contributed by atoms with Crippen LogP contribution in [0, 0.1) is 24.7 Å². The number of benzene rings is 1. The van der Waals surface area contributed by atoms with Crippen molar-refractivity contribution in [3.05, 3.63) is 95.3 Å². The maximum atomic E-state index is 4.60. The molecule has 1 saturated carbocycles. The molecule has 2 aliphatic carbocycles. The summed E-state index contributed by atoms with van der Waals surface area (Å²) in [5.74, 6) is 1.87. The summed E-state index contributed by atoms with van der Waals surface area (Å²) in [6, 6.07) is 8.87. The highest BCUT2D eigenvalue weighted by Gasteiger charge is 2.40. The quantitative estimate of drug-likeness (QED) is 0.264. The first-order valence-electron chi connectivity index (χ1n) is 16.1. The minimum absolute atomic E-state index is 0.0414. The summed E-state index contributed by atoms with van der Waals surface area (Å²) in [6.45, 7) is 35.8. The summed E-state index contributed by atoms with van der Waals surface area (Å²) < 4.78 is 0. The SMILES string of the molecule is C=CN(Cc1ccc(C)cc1)C1(C(=C)C(C)CC(=C)C)CCCCC1.CC.CC1=C(C(C)C)CCC=C1C(C)C. The molecule has 0 amide bonds. The number of rotatable bonds is 10. The molecule has 224 valence electrons. The number of aryl methyl sites for hydroxylation is 1. The van der Waals surface area contributed by atoms with Gasteiger partial charge in [-0.3, -0.25) is 0 Å². The first kappa shape index (κ1) is 35.7. The van der Waals surface area contributed by atoms with E-state index in [4.69, 9.17) is 0 Å². The van der Waals surface area contributed by atoms with Crippen molar-refractivity contribution >= 4 is 0 Å². The molecule has 1 heteroatoms. The fraction of sp³-hybridized carbons (Fsp3) is 0.590. The standard InChI is InChI=1S/C24H35N.C13H22.C2H6/c1-7-25(18-23-13-11-20(4)12-14-23)24(15-9-8-10-16-24)22(6)21(5)17-19(2)3;1-9(2)12-7-6-8-13(10(3)4)11(12)5;1-2/h7,11-14,21H,1-2,6,8-10,15-18H2,3-5H3;7,9-10H,6,8H2,1-5H3;1-2H3. The van der Waals surface area contributed by atoms with E-state index in [0.717, 1.165) is 18.9 Å². The van der Waals surface area contributed by atoms with Gasteiger partial charge in [0.05, 0.1) is 5.54 Å². The maximum Gasteiger partial charge on any atom is 0.0611 e. The van der Waals surface area contributed by atoms with Crippen LogP contribution >= 0.6 is 0 Å². The summed E-state index contributed by atoms with van der Waals surface area (Å²) in [5.41, 5.74) is 10.1. The monoisotopic (exact) mass is 545 g/mol. The van der Waals surface area contributed by atoms with Crippen LogP contribution in [0.3, 0.4) is 0 Å². The molecule has 0 saturated heterocycles. The molecule has 0 N–H and O–H groups in total. The molecule has 1 nitrogen and oxygen atoms in total. The summed E-state index contributed by atoms with van der Waals surface area (Å²) in [6.07, 6.45) is 14.3. The Morgan fingerprint density at radius 2 is 1.50 bits per heavy atom. The van der Waals surface area contributed by atoms with E-state index < -0.39 is 0 Å². The molecule has 0 radical (unpaired) electrons. The fourth-order valence-corrected chi connectivity index (χ4v) is 6.61. The Morgan fingerprint density at radius 1 is 0.925 bits per heavy atom. The predicted octanol–water partition coefficient (Wildman–Crippen LogP) is 12.2. The topological polar surface area (TPSA) is 3.24 Å². The Balaban J connectivity index is 0.000000448. The highest BCUT2D eigenvalue weighted by Crippen LogP contribution is 2.43. The Hall–Kier alpha value is -2.28. The van der Waals surface area contributed by atoms with Crippen molar-refractivity contribution in [3.63, 3.8) is 0 Å². The van der Waals surface area contributed by atoms with Gasteiger partial charge in [0.1, 0.15) is 0 Å². The van der Waals surface area contributed by atoms with Crippen molar-refractivity contribution in [3.8, 4) is 0 Å². The van der Waals surface area contributed by atoms with E-state index >= 15 is 0 Å². The van der Waals surface area contributed by atoms with Crippen LogP contribution in [-0.2, 0) is 6.54 Å². The molecule has 3 rings (SSSR count). The lowest BCUT2D eigenvalue weighted by Crippen LogP contribution is -2.49. The van der Waals surface area contributed by atoms with E-state index in [2.05, 4.69) is 110 Å². The summed E-state index contributed by atoms with van der Waals surface area (Å²) in [4.78, 5) is 2.47. The third-order valence-electron chi connectivity index (χ3n) is 8.78. The summed E-state index contributed by atoms with van der Waals surface area (Å²) in [5, 5.41) is 0. The number of nitrogens with zero attached hydrogens (tertiary/aromatic N) is 1. The normalized spacial score (nSPS) is 17.1. The van der Waals surface area contributed by atoms with Gasteiger partial charge in [-0.05, 0) is 99.1 Å². The summed E-state index contributed by atoms with van der Waals surface area (Å²) in [7, 11) is 0. The van der Waals surface area contributed by atoms with E-state index in [1.807, 2.05) is 20.0 Å². The highest BCUT2D eigenvalue weighted by atomic mass is 15.2. The molecule has 0 aliphatic heterocycles. The van der Waals surface area contributed by atoms with Crippen LogP contribution in [-0.4, -0.2) is 10.4 Å². The van der Waals surface area contributed by atoms with Gasteiger partial charge in [0.15, 0.2) is 0 Å². The lowest BCUT2D eigenvalue weighted by Gasteiger charge is -2.49. The molecule has 1 aromatic carbocycles. The number of hydrogen-bond donors (Lipinski definition) is 0. The van der Waals surface area contributed by atoms with Crippen LogP contribution in [0.5, 0.6) is 0 Å². The van der Waals surface area contributed by atoms with Crippen LogP contribution in [0.25, 0.3) is 0 Å². The van der Waals surface area contributed by atoms with Gasteiger partial charge in [0.2, 0.25) is 0 Å². The predicted molar refractivity (Wildman–Crippen MR) is 182 cm³/mol. The van der Waals surface area contributed by atoms with Crippen LogP contribution in [0.4, 0.5) is 0 Å². The lowest BCUT2D eigenvalue weighted by molar-refractivity contribution is 0.115. The van der Waals surface area contributed by atoms with E-state index in [-0.39, 0.29) is 5.54 Å². The van der Waals surface area contributed by atoms with E-state index in [0.29, 0.717) is 11.8 Å². The Labute approximate surface area is 250 Å². The van der Waals surface area contributed by atoms with Gasteiger partial charge >= 0.3 is 0 Å².